The van der Waals surface area contributed by atoms with Gasteiger partial charge in [0.25, 0.3) is 0 Å². The Kier molecular flexibility index (Phi) is 4.53. The second-order valence-corrected chi connectivity index (χ2v) is 6.43. The van der Waals surface area contributed by atoms with Gasteiger partial charge in [0, 0.05) is 16.6 Å². The third-order valence-corrected chi connectivity index (χ3v) is 4.48. The number of benzene rings is 2. The highest BCUT2D eigenvalue weighted by atomic mass is 32.1. The van der Waals surface area contributed by atoms with E-state index in [9.17, 15) is 4.79 Å². The van der Waals surface area contributed by atoms with E-state index in [1.54, 1.807) is 11.3 Å². The van der Waals surface area contributed by atoms with E-state index in [0.29, 0.717) is 5.82 Å². The van der Waals surface area contributed by atoms with Gasteiger partial charge in [-0.3, -0.25) is 4.79 Å². The lowest BCUT2D eigenvalue weighted by Crippen LogP contribution is -2.20. The first-order chi connectivity index (χ1) is 12.8. The normalized spacial score (nSPS) is 10.6. The van der Waals surface area contributed by atoms with Gasteiger partial charge in [0.15, 0.2) is 0 Å². The van der Waals surface area contributed by atoms with Gasteiger partial charge >= 0.3 is 0 Å². The summed E-state index contributed by atoms with van der Waals surface area (Å²) in [6.45, 7) is 0.0115. The zero-order chi connectivity index (χ0) is 17.8. The van der Waals surface area contributed by atoms with Crippen LogP contribution in [-0.2, 0) is 11.3 Å². The Labute approximate surface area is 154 Å². The van der Waals surface area contributed by atoms with E-state index in [1.165, 1.54) is 4.80 Å². The number of amides is 1. The fourth-order valence-electron chi connectivity index (χ4n) is 2.52. The topological polar surface area (TPSA) is 72.7 Å². The molecule has 2 heterocycles. The molecule has 0 bridgehead atoms. The molecule has 0 spiro atoms. The van der Waals surface area contributed by atoms with E-state index < -0.39 is 0 Å². The van der Waals surface area contributed by atoms with Crippen LogP contribution in [0.15, 0.2) is 71.4 Å². The Morgan fingerprint density at radius 3 is 2.46 bits per heavy atom. The fourth-order valence-corrected chi connectivity index (χ4v) is 3.16. The highest BCUT2D eigenvalue weighted by molar-refractivity contribution is 7.08. The zero-order valence-electron chi connectivity index (χ0n) is 13.7. The number of anilines is 1. The number of tetrazole rings is 1. The molecule has 0 aliphatic rings. The number of hydrogen-bond acceptors (Lipinski definition) is 5. The molecule has 1 amide bonds. The maximum atomic E-state index is 12.2. The van der Waals surface area contributed by atoms with Crippen LogP contribution in [0.2, 0.25) is 0 Å². The number of carbonyl (C=O) groups excluding carboxylic acids is 1. The van der Waals surface area contributed by atoms with Crippen molar-refractivity contribution in [1.82, 2.24) is 20.2 Å². The molecule has 4 rings (SSSR count). The van der Waals surface area contributed by atoms with Crippen LogP contribution in [0.5, 0.6) is 0 Å². The molecule has 0 atom stereocenters. The Hall–Kier alpha value is -3.32. The van der Waals surface area contributed by atoms with Gasteiger partial charge < -0.3 is 5.32 Å². The third-order valence-electron chi connectivity index (χ3n) is 3.79. The van der Waals surface area contributed by atoms with Gasteiger partial charge in [0.05, 0.1) is 0 Å². The van der Waals surface area contributed by atoms with E-state index in [0.717, 1.165) is 22.4 Å². The van der Waals surface area contributed by atoms with Crippen molar-refractivity contribution in [2.45, 2.75) is 6.54 Å². The van der Waals surface area contributed by atoms with Crippen LogP contribution >= 0.6 is 11.3 Å². The highest BCUT2D eigenvalue weighted by Gasteiger charge is 2.10. The van der Waals surface area contributed by atoms with Gasteiger partial charge in [0.1, 0.15) is 6.54 Å². The molecular weight excluding hydrogens is 346 g/mol. The molecule has 0 saturated carbocycles. The van der Waals surface area contributed by atoms with Crippen LogP contribution < -0.4 is 5.32 Å². The summed E-state index contributed by atoms with van der Waals surface area (Å²) in [5, 5.41) is 18.9. The molecule has 128 valence electrons. The van der Waals surface area contributed by atoms with Crippen molar-refractivity contribution in [2.75, 3.05) is 5.32 Å². The molecule has 6 nitrogen and oxygen atoms in total. The van der Waals surface area contributed by atoms with E-state index in [2.05, 4.69) is 32.9 Å². The average Bonchev–Trinajstić information content (AvgIpc) is 3.35. The summed E-state index contributed by atoms with van der Waals surface area (Å²) in [5.41, 5.74) is 3.87. The minimum absolute atomic E-state index is 0.0115. The molecule has 0 fully saturated rings. The van der Waals surface area contributed by atoms with Crippen LogP contribution in [0.1, 0.15) is 0 Å². The first-order valence-electron chi connectivity index (χ1n) is 8.04. The fraction of sp³-hybridized carbons (Fsp3) is 0.0526. The largest absolute Gasteiger partial charge is 0.324 e. The average molecular weight is 361 g/mol. The predicted molar refractivity (Wildman–Crippen MR) is 102 cm³/mol. The second-order valence-electron chi connectivity index (χ2n) is 5.65. The molecule has 1 N–H and O–H groups in total. The van der Waals surface area contributed by atoms with E-state index in [-0.39, 0.29) is 12.5 Å². The predicted octanol–water partition coefficient (Wildman–Crippen LogP) is 3.71. The molecular formula is C19H15N5OS. The third kappa shape index (κ3) is 3.68. The minimum Gasteiger partial charge on any atom is -0.324 e. The number of nitrogens with zero attached hydrogens (tertiary/aromatic N) is 4. The molecule has 2 aromatic carbocycles. The van der Waals surface area contributed by atoms with Gasteiger partial charge in [-0.2, -0.15) is 16.1 Å². The molecule has 0 aliphatic carbocycles. The van der Waals surface area contributed by atoms with Gasteiger partial charge in [-0.25, -0.2) is 0 Å². The molecule has 0 unspecified atom stereocenters. The number of aromatic nitrogens is 4. The van der Waals surface area contributed by atoms with Gasteiger partial charge in [0.2, 0.25) is 11.7 Å². The maximum absolute atomic E-state index is 12.2. The summed E-state index contributed by atoms with van der Waals surface area (Å²) < 4.78 is 0. The Morgan fingerprint density at radius 2 is 1.73 bits per heavy atom. The second kappa shape index (κ2) is 7.28. The first kappa shape index (κ1) is 16.2. The first-order valence-corrected chi connectivity index (χ1v) is 8.98. The standard InChI is InChI=1S/C19H15N5OS/c25-18(12-24-22-19(21-23-24)16-10-11-26-13-16)20-17-8-6-15(7-9-17)14-4-2-1-3-5-14/h1-11,13H,12H2,(H,20,25). The van der Waals surface area contributed by atoms with E-state index in [4.69, 9.17) is 0 Å². The minimum atomic E-state index is -0.202. The van der Waals surface area contributed by atoms with Crippen LogP contribution in [0.4, 0.5) is 5.69 Å². The number of carbonyl (C=O) groups is 1. The Morgan fingerprint density at radius 1 is 0.962 bits per heavy atom. The molecule has 4 aromatic rings. The number of nitrogens with one attached hydrogen (secondary N) is 1. The van der Waals surface area contributed by atoms with E-state index in [1.807, 2.05) is 59.3 Å². The summed E-state index contributed by atoms with van der Waals surface area (Å²) in [5.74, 6) is 0.318. The quantitative estimate of drug-likeness (QED) is 0.588. The maximum Gasteiger partial charge on any atom is 0.248 e. The lowest BCUT2D eigenvalue weighted by Gasteiger charge is -2.06. The SMILES string of the molecule is O=C(Cn1nnc(-c2ccsc2)n1)Nc1ccc(-c2ccccc2)cc1. The molecule has 0 aliphatic heterocycles. The monoisotopic (exact) mass is 361 g/mol. The lowest BCUT2D eigenvalue weighted by atomic mass is 10.1. The summed E-state index contributed by atoms with van der Waals surface area (Å²) >= 11 is 1.56. The van der Waals surface area contributed by atoms with Crippen LogP contribution in [0.3, 0.4) is 0 Å². The Balaban J connectivity index is 1.39. The molecule has 0 radical (unpaired) electrons. The smallest absolute Gasteiger partial charge is 0.248 e. The van der Waals surface area contributed by atoms with Crippen molar-refractivity contribution in [3.05, 3.63) is 71.4 Å². The zero-order valence-corrected chi connectivity index (χ0v) is 14.6. The van der Waals surface area contributed by atoms with Crippen molar-refractivity contribution < 1.29 is 4.79 Å². The van der Waals surface area contributed by atoms with Gasteiger partial charge in [-0.15, -0.1) is 10.2 Å². The number of rotatable bonds is 5. The summed E-state index contributed by atoms with van der Waals surface area (Å²) in [6.07, 6.45) is 0. The van der Waals surface area contributed by atoms with Crippen molar-refractivity contribution >= 4 is 22.9 Å². The van der Waals surface area contributed by atoms with Crippen LogP contribution in [-0.4, -0.2) is 26.1 Å². The number of hydrogen-bond donors (Lipinski definition) is 1. The van der Waals surface area contributed by atoms with Crippen molar-refractivity contribution in [3.63, 3.8) is 0 Å². The number of thiophene rings is 1. The molecule has 7 heteroatoms. The van der Waals surface area contributed by atoms with Crippen LogP contribution in [0, 0.1) is 0 Å². The van der Waals surface area contributed by atoms with Crippen LogP contribution in [0.25, 0.3) is 22.5 Å². The lowest BCUT2D eigenvalue weighted by molar-refractivity contribution is -0.117. The van der Waals surface area contributed by atoms with E-state index >= 15 is 0 Å². The van der Waals surface area contributed by atoms with Crippen molar-refractivity contribution in [3.8, 4) is 22.5 Å². The molecule has 0 saturated heterocycles. The van der Waals surface area contributed by atoms with Gasteiger partial charge in [-0.05, 0) is 39.9 Å². The Bertz CT molecular complexity index is 994. The molecule has 26 heavy (non-hydrogen) atoms. The molecule has 2 aromatic heterocycles. The summed E-state index contributed by atoms with van der Waals surface area (Å²) in [6, 6.07) is 19.7. The summed E-state index contributed by atoms with van der Waals surface area (Å²) in [7, 11) is 0. The van der Waals surface area contributed by atoms with Crippen molar-refractivity contribution in [1.29, 1.82) is 0 Å². The van der Waals surface area contributed by atoms with Crippen molar-refractivity contribution in [2.24, 2.45) is 0 Å². The summed E-state index contributed by atoms with van der Waals surface area (Å²) in [4.78, 5) is 13.5. The highest BCUT2D eigenvalue weighted by Crippen LogP contribution is 2.21. The van der Waals surface area contributed by atoms with Gasteiger partial charge in [-0.1, -0.05) is 42.5 Å².